The lowest BCUT2D eigenvalue weighted by atomic mass is 9.89. The quantitative estimate of drug-likeness (QED) is 0.556. The molecule has 0 spiro atoms. The van der Waals surface area contributed by atoms with Crippen LogP contribution >= 0.6 is 0 Å². The van der Waals surface area contributed by atoms with E-state index in [0.29, 0.717) is 25.1 Å². The number of ether oxygens (including phenoxy) is 1. The Bertz CT molecular complexity index is 307. The average Bonchev–Trinajstić information content (AvgIpc) is 2.60. The number of hydrogen-bond donors (Lipinski definition) is 0. The fourth-order valence-corrected chi connectivity index (χ4v) is 3.19. The zero-order chi connectivity index (χ0) is 12.3. The first-order valence-electron chi connectivity index (χ1n) is 6.64. The molecule has 2 unspecified atom stereocenters. The third kappa shape index (κ3) is 2.57. The highest BCUT2D eigenvalue weighted by Gasteiger charge is 2.43. The van der Waals surface area contributed by atoms with Gasteiger partial charge in [0.25, 0.3) is 0 Å². The van der Waals surface area contributed by atoms with E-state index in [1.807, 2.05) is 4.90 Å². The molecule has 2 saturated heterocycles. The second kappa shape index (κ2) is 5.44. The molecule has 1 amide bonds. The van der Waals surface area contributed by atoms with Crippen molar-refractivity contribution in [2.24, 2.45) is 5.92 Å². The first-order chi connectivity index (χ1) is 8.26. The topological polar surface area (TPSA) is 29.5 Å². The zero-order valence-electron chi connectivity index (χ0n) is 10.5. The van der Waals surface area contributed by atoms with Crippen LogP contribution < -0.4 is 0 Å². The summed E-state index contributed by atoms with van der Waals surface area (Å²) >= 11 is 0. The number of amides is 1. The predicted molar refractivity (Wildman–Crippen MR) is 66.5 cm³/mol. The Morgan fingerprint density at radius 1 is 1.41 bits per heavy atom. The van der Waals surface area contributed by atoms with Gasteiger partial charge >= 0.3 is 6.09 Å². The molecule has 94 valence electrons. The van der Waals surface area contributed by atoms with Gasteiger partial charge < -0.3 is 9.64 Å². The van der Waals surface area contributed by atoms with Crippen LogP contribution in [0.3, 0.4) is 0 Å². The van der Waals surface area contributed by atoms with Gasteiger partial charge in [-0.3, -0.25) is 0 Å². The van der Waals surface area contributed by atoms with E-state index < -0.39 is 0 Å². The van der Waals surface area contributed by atoms with Crippen LogP contribution in [0, 0.1) is 18.3 Å². The van der Waals surface area contributed by atoms with Crippen LogP contribution in [0.5, 0.6) is 0 Å². The summed E-state index contributed by atoms with van der Waals surface area (Å²) in [4.78, 5) is 13.9. The Hall–Kier alpha value is -1.17. The lowest BCUT2D eigenvalue weighted by Crippen LogP contribution is -2.46. The van der Waals surface area contributed by atoms with Crippen LogP contribution in [0.15, 0.2) is 0 Å². The monoisotopic (exact) mass is 235 g/mol. The van der Waals surface area contributed by atoms with Gasteiger partial charge in [0.05, 0.1) is 0 Å². The highest BCUT2D eigenvalue weighted by atomic mass is 16.6. The van der Waals surface area contributed by atoms with Crippen molar-refractivity contribution in [3.05, 3.63) is 0 Å². The Morgan fingerprint density at radius 2 is 2.06 bits per heavy atom. The van der Waals surface area contributed by atoms with Gasteiger partial charge in [0.1, 0.15) is 6.61 Å². The van der Waals surface area contributed by atoms with Gasteiger partial charge in [-0.15, -0.1) is 12.3 Å². The smallest absolute Gasteiger partial charge is 0.410 e. The van der Waals surface area contributed by atoms with Gasteiger partial charge in [-0.1, -0.05) is 13.3 Å². The number of piperidine rings is 1. The summed E-state index contributed by atoms with van der Waals surface area (Å²) in [5.74, 6) is 3.28. The number of terminal acetylenes is 1. The minimum Gasteiger partial charge on any atom is -0.448 e. The lowest BCUT2D eigenvalue weighted by molar-refractivity contribution is 0.0582. The minimum absolute atomic E-state index is 0.151. The molecular formula is C14H21NO2. The molecule has 0 aromatic carbocycles. The molecule has 2 atom stereocenters. The molecule has 0 saturated carbocycles. The zero-order valence-corrected chi connectivity index (χ0v) is 10.5. The predicted octanol–water partition coefficient (Wildman–Crippen LogP) is 2.80. The first kappa shape index (κ1) is 12.3. The van der Waals surface area contributed by atoms with Crippen molar-refractivity contribution in [2.45, 2.75) is 57.5 Å². The Kier molecular flexibility index (Phi) is 3.93. The van der Waals surface area contributed by atoms with E-state index in [1.54, 1.807) is 0 Å². The normalized spacial score (nSPS) is 31.1. The van der Waals surface area contributed by atoms with E-state index in [0.717, 1.165) is 31.6 Å². The standard InChI is InChI=1S/C14H21NO2/c1-3-5-8-17-14(16)15-12-6-7-13(15)10-11(4-2)9-12/h1,11-13H,4-10H2,2H3. The number of hydrogen-bond acceptors (Lipinski definition) is 2. The van der Waals surface area contributed by atoms with Crippen molar-refractivity contribution >= 4 is 6.09 Å². The number of rotatable bonds is 3. The van der Waals surface area contributed by atoms with Gasteiger partial charge in [-0.25, -0.2) is 4.79 Å². The highest BCUT2D eigenvalue weighted by molar-refractivity contribution is 5.69. The average molecular weight is 235 g/mol. The fraction of sp³-hybridized carbons (Fsp3) is 0.786. The third-order valence-corrected chi connectivity index (χ3v) is 4.09. The van der Waals surface area contributed by atoms with Gasteiger partial charge in [-0.2, -0.15) is 0 Å². The fourth-order valence-electron chi connectivity index (χ4n) is 3.19. The summed E-state index contributed by atoms with van der Waals surface area (Å²) < 4.78 is 5.22. The van der Waals surface area contributed by atoms with Crippen molar-refractivity contribution in [2.75, 3.05) is 6.61 Å². The summed E-state index contributed by atoms with van der Waals surface area (Å²) in [6.45, 7) is 2.59. The maximum absolute atomic E-state index is 12.0. The second-order valence-corrected chi connectivity index (χ2v) is 5.11. The molecule has 0 aromatic rings. The minimum atomic E-state index is -0.151. The Labute approximate surface area is 104 Å². The molecule has 17 heavy (non-hydrogen) atoms. The highest BCUT2D eigenvalue weighted by Crippen LogP contribution is 2.40. The molecular weight excluding hydrogens is 214 g/mol. The number of nitrogens with zero attached hydrogens (tertiary/aromatic N) is 1. The van der Waals surface area contributed by atoms with Crippen LogP contribution in [-0.2, 0) is 4.74 Å². The molecule has 2 fully saturated rings. The molecule has 2 aliphatic heterocycles. The van der Waals surface area contributed by atoms with Crippen LogP contribution in [0.2, 0.25) is 0 Å². The molecule has 3 heteroatoms. The second-order valence-electron chi connectivity index (χ2n) is 5.11. The lowest BCUT2D eigenvalue weighted by Gasteiger charge is -2.37. The number of carbonyl (C=O) groups is 1. The van der Waals surface area contributed by atoms with Crippen LogP contribution in [0.4, 0.5) is 4.79 Å². The van der Waals surface area contributed by atoms with Crippen molar-refractivity contribution in [1.82, 2.24) is 4.90 Å². The van der Waals surface area contributed by atoms with Gasteiger partial charge in [-0.05, 0) is 31.6 Å². The van der Waals surface area contributed by atoms with E-state index >= 15 is 0 Å². The summed E-state index contributed by atoms with van der Waals surface area (Å²) in [6.07, 6.45) is 11.3. The maximum atomic E-state index is 12.0. The van der Waals surface area contributed by atoms with Crippen LogP contribution in [0.25, 0.3) is 0 Å². The summed E-state index contributed by atoms with van der Waals surface area (Å²) in [6, 6.07) is 0.828. The van der Waals surface area contributed by atoms with Gasteiger partial charge in [0, 0.05) is 18.5 Å². The summed E-state index contributed by atoms with van der Waals surface area (Å²) in [5.41, 5.74) is 0. The molecule has 0 aromatic heterocycles. The van der Waals surface area contributed by atoms with E-state index in [2.05, 4.69) is 12.8 Å². The van der Waals surface area contributed by atoms with Crippen LogP contribution in [0.1, 0.15) is 45.4 Å². The van der Waals surface area contributed by atoms with E-state index in [1.165, 1.54) is 6.42 Å². The first-order valence-corrected chi connectivity index (χ1v) is 6.64. The summed E-state index contributed by atoms with van der Waals surface area (Å²) in [7, 11) is 0. The largest absolute Gasteiger partial charge is 0.448 e. The molecule has 2 bridgehead atoms. The molecule has 3 nitrogen and oxygen atoms in total. The van der Waals surface area contributed by atoms with Crippen molar-refractivity contribution in [3.63, 3.8) is 0 Å². The maximum Gasteiger partial charge on any atom is 0.410 e. The Balaban J connectivity index is 1.90. The van der Waals surface area contributed by atoms with Crippen molar-refractivity contribution < 1.29 is 9.53 Å². The van der Waals surface area contributed by atoms with Crippen LogP contribution in [-0.4, -0.2) is 29.7 Å². The molecule has 2 rings (SSSR count). The van der Waals surface area contributed by atoms with Gasteiger partial charge in [0.2, 0.25) is 0 Å². The molecule has 0 radical (unpaired) electrons. The van der Waals surface area contributed by atoms with E-state index in [9.17, 15) is 4.79 Å². The Morgan fingerprint density at radius 3 is 2.59 bits per heavy atom. The molecule has 2 aliphatic rings. The number of fused-ring (bicyclic) bond motifs is 2. The SMILES string of the molecule is C#CCCOC(=O)N1C2CCC1CC(CC)C2. The molecule has 0 N–H and O–H groups in total. The van der Waals surface area contributed by atoms with Crippen molar-refractivity contribution in [3.8, 4) is 12.3 Å². The van der Waals surface area contributed by atoms with Crippen molar-refractivity contribution in [1.29, 1.82) is 0 Å². The van der Waals surface area contributed by atoms with E-state index in [-0.39, 0.29) is 6.09 Å². The summed E-state index contributed by atoms with van der Waals surface area (Å²) in [5, 5.41) is 0. The van der Waals surface area contributed by atoms with E-state index in [4.69, 9.17) is 11.2 Å². The third-order valence-electron chi connectivity index (χ3n) is 4.09. The van der Waals surface area contributed by atoms with Gasteiger partial charge in [0.15, 0.2) is 0 Å². The molecule has 2 heterocycles. The number of carbonyl (C=O) groups excluding carboxylic acids is 1. The molecule has 0 aliphatic carbocycles.